The predicted molar refractivity (Wildman–Crippen MR) is 65.4 cm³/mol. The van der Waals surface area contributed by atoms with Gasteiger partial charge in [0.05, 0.1) is 6.61 Å². The number of nitrogens with one attached hydrogen (secondary N) is 2. The molecule has 0 saturated heterocycles. The first-order valence-corrected chi connectivity index (χ1v) is 6.05. The van der Waals surface area contributed by atoms with E-state index in [0.717, 1.165) is 45.0 Å². The second kappa shape index (κ2) is 8.30. The lowest BCUT2D eigenvalue weighted by molar-refractivity contribution is 0.112. The van der Waals surface area contributed by atoms with E-state index in [2.05, 4.69) is 29.1 Å². The van der Waals surface area contributed by atoms with Crippen LogP contribution in [-0.4, -0.2) is 36.3 Å². The van der Waals surface area contributed by atoms with Gasteiger partial charge in [0.2, 0.25) is 0 Å². The van der Waals surface area contributed by atoms with Crippen molar-refractivity contribution in [1.82, 2.24) is 15.3 Å². The highest BCUT2D eigenvalue weighted by atomic mass is 16.5. The highest BCUT2D eigenvalue weighted by Gasteiger charge is 1.95. The van der Waals surface area contributed by atoms with Gasteiger partial charge in [-0.25, -0.2) is 4.98 Å². The number of ether oxygens (including phenoxy) is 1. The Morgan fingerprint density at radius 3 is 3.00 bits per heavy atom. The summed E-state index contributed by atoms with van der Waals surface area (Å²) in [6.45, 7) is 7.94. The highest BCUT2D eigenvalue weighted by molar-refractivity contribution is 4.86. The zero-order valence-electron chi connectivity index (χ0n) is 10.3. The third kappa shape index (κ3) is 6.58. The van der Waals surface area contributed by atoms with Gasteiger partial charge in [-0.15, -0.1) is 0 Å². The minimum Gasteiger partial charge on any atom is -0.380 e. The number of H-pyrrole nitrogens is 1. The maximum Gasteiger partial charge on any atom is 0.106 e. The smallest absolute Gasteiger partial charge is 0.106 e. The Bertz CT molecular complexity index is 247. The van der Waals surface area contributed by atoms with Gasteiger partial charge in [0, 0.05) is 32.0 Å². The van der Waals surface area contributed by atoms with Gasteiger partial charge < -0.3 is 15.0 Å². The second-order valence-corrected chi connectivity index (χ2v) is 4.36. The largest absolute Gasteiger partial charge is 0.380 e. The summed E-state index contributed by atoms with van der Waals surface area (Å²) >= 11 is 0. The predicted octanol–water partition coefficient (Wildman–Crippen LogP) is 1.60. The summed E-state index contributed by atoms with van der Waals surface area (Å²) in [5.41, 5.74) is 0. The lowest BCUT2D eigenvalue weighted by Gasteiger charge is -2.07. The molecule has 1 heterocycles. The maximum absolute atomic E-state index is 5.47. The number of rotatable bonds is 9. The van der Waals surface area contributed by atoms with Gasteiger partial charge in [0.15, 0.2) is 0 Å². The van der Waals surface area contributed by atoms with Crippen LogP contribution in [0.5, 0.6) is 0 Å². The fourth-order valence-corrected chi connectivity index (χ4v) is 1.40. The first-order chi connectivity index (χ1) is 7.79. The summed E-state index contributed by atoms with van der Waals surface area (Å²) in [6.07, 6.45) is 5.77. The normalized spacial score (nSPS) is 11.2. The molecule has 0 spiro atoms. The van der Waals surface area contributed by atoms with Crippen LogP contribution in [0.4, 0.5) is 0 Å². The van der Waals surface area contributed by atoms with Gasteiger partial charge in [0.25, 0.3) is 0 Å². The van der Waals surface area contributed by atoms with Gasteiger partial charge in [-0.2, -0.15) is 0 Å². The molecule has 0 atom stereocenters. The third-order valence-corrected chi connectivity index (χ3v) is 2.20. The SMILES string of the molecule is CC(C)COCCNCCCc1ncc[nH]1. The average molecular weight is 225 g/mol. The standard InChI is InChI=1S/C12H23N3O/c1-11(2)10-16-9-8-13-5-3-4-12-14-6-7-15-12/h6-7,11,13H,3-5,8-10H2,1-2H3,(H,14,15). The Morgan fingerprint density at radius 1 is 1.44 bits per heavy atom. The zero-order valence-corrected chi connectivity index (χ0v) is 10.3. The fraction of sp³-hybridized carbons (Fsp3) is 0.750. The molecule has 0 fully saturated rings. The molecule has 0 unspecified atom stereocenters. The molecule has 1 aromatic rings. The molecule has 0 aliphatic rings. The van der Waals surface area contributed by atoms with Crippen molar-refractivity contribution in [3.8, 4) is 0 Å². The number of aryl methyl sites for hydroxylation is 1. The van der Waals surface area contributed by atoms with Crippen LogP contribution in [0.1, 0.15) is 26.1 Å². The van der Waals surface area contributed by atoms with E-state index in [1.165, 1.54) is 0 Å². The van der Waals surface area contributed by atoms with Crippen molar-refractivity contribution in [3.63, 3.8) is 0 Å². The number of hydrogen-bond donors (Lipinski definition) is 2. The fourth-order valence-electron chi connectivity index (χ4n) is 1.40. The number of aromatic amines is 1. The quantitative estimate of drug-likeness (QED) is 0.628. The minimum atomic E-state index is 0.624. The maximum atomic E-state index is 5.47. The van der Waals surface area contributed by atoms with Crippen molar-refractivity contribution in [1.29, 1.82) is 0 Å². The van der Waals surface area contributed by atoms with E-state index in [1.807, 2.05) is 6.20 Å². The summed E-state index contributed by atoms with van der Waals surface area (Å²) in [6, 6.07) is 0. The Hall–Kier alpha value is -0.870. The van der Waals surface area contributed by atoms with E-state index in [1.54, 1.807) is 6.20 Å². The first kappa shape index (κ1) is 13.2. The molecule has 0 saturated carbocycles. The monoisotopic (exact) mass is 225 g/mol. The van der Waals surface area contributed by atoms with E-state index in [0.29, 0.717) is 5.92 Å². The van der Waals surface area contributed by atoms with Gasteiger partial charge >= 0.3 is 0 Å². The van der Waals surface area contributed by atoms with E-state index in [-0.39, 0.29) is 0 Å². The molecule has 0 bridgehead atoms. The summed E-state index contributed by atoms with van der Waals surface area (Å²) in [7, 11) is 0. The molecule has 1 aromatic heterocycles. The van der Waals surface area contributed by atoms with Gasteiger partial charge in [-0.1, -0.05) is 13.8 Å². The van der Waals surface area contributed by atoms with Crippen molar-refractivity contribution in [2.24, 2.45) is 5.92 Å². The topological polar surface area (TPSA) is 49.9 Å². The lowest BCUT2D eigenvalue weighted by Crippen LogP contribution is -2.22. The van der Waals surface area contributed by atoms with Crippen molar-refractivity contribution in [3.05, 3.63) is 18.2 Å². The number of nitrogens with zero attached hydrogens (tertiary/aromatic N) is 1. The third-order valence-electron chi connectivity index (χ3n) is 2.20. The van der Waals surface area contributed by atoms with Crippen LogP contribution in [0.15, 0.2) is 12.4 Å². The van der Waals surface area contributed by atoms with Crippen molar-refractivity contribution < 1.29 is 4.74 Å². The van der Waals surface area contributed by atoms with E-state index < -0.39 is 0 Å². The summed E-state index contributed by atoms with van der Waals surface area (Å²) in [4.78, 5) is 7.27. The lowest BCUT2D eigenvalue weighted by atomic mass is 10.2. The average Bonchev–Trinajstić information content (AvgIpc) is 2.74. The Morgan fingerprint density at radius 2 is 2.31 bits per heavy atom. The second-order valence-electron chi connectivity index (χ2n) is 4.36. The van der Waals surface area contributed by atoms with Crippen LogP contribution in [0.25, 0.3) is 0 Å². The van der Waals surface area contributed by atoms with E-state index in [4.69, 9.17) is 4.74 Å². The molecule has 0 aliphatic carbocycles. The van der Waals surface area contributed by atoms with Crippen LogP contribution in [0, 0.1) is 5.92 Å². The Labute approximate surface area is 97.8 Å². The zero-order chi connectivity index (χ0) is 11.6. The van der Waals surface area contributed by atoms with Crippen LogP contribution in [-0.2, 0) is 11.2 Å². The van der Waals surface area contributed by atoms with Gasteiger partial charge in [-0.05, 0) is 18.9 Å². The first-order valence-electron chi connectivity index (χ1n) is 6.05. The molecular formula is C12H23N3O. The van der Waals surface area contributed by atoms with Crippen LogP contribution in [0.2, 0.25) is 0 Å². The summed E-state index contributed by atoms with van der Waals surface area (Å²) in [5, 5.41) is 3.35. The van der Waals surface area contributed by atoms with Gasteiger partial charge in [-0.3, -0.25) is 0 Å². The van der Waals surface area contributed by atoms with Crippen molar-refractivity contribution in [2.75, 3.05) is 26.3 Å². The number of imidazole rings is 1. The Balaban J connectivity index is 1.82. The molecule has 4 heteroatoms. The molecule has 2 N–H and O–H groups in total. The van der Waals surface area contributed by atoms with Gasteiger partial charge in [0.1, 0.15) is 5.82 Å². The van der Waals surface area contributed by atoms with E-state index >= 15 is 0 Å². The summed E-state index contributed by atoms with van der Waals surface area (Å²) < 4.78 is 5.47. The molecule has 4 nitrogen and oxygen atoms in total. The molecule has 16 heavy (non-hydrogen) atoms. The minimum absolute atomic E-state index is 0.624. The molecule has 0 aliphatic heterocycles. The molecule has 0 aromatic carbocycles. The molecule has 1 rings (SSSR count). The summed E-state index contributed by atoms with van der Waals surface area (Å²) in [5.74, 6) is 1.69. The molecule has 92 valence electrons. The Kier molecular flexibility index (Phi) is 6.85. The molecular weight excluding hydrogens is 202 g/mol. The van der Waals surface area contributed by atoms with Crippen LogP contribution in [0.3, 0.4) is 0 Å². The number of hydrogen-bond acceptors (Lipinski definition) is 3. The van der Waals surface area contributed by atoms with E-state index in [9.17, 15) is 0 Å². The number of aromatic nitrogens is 2. The van der Waals surface area contributed by atoms with Crippen LogP contribution >= 0.6 is 0 Å². The van der Waals surface area contributed by atoms with Crippen molar-refractivity contribution in [2.45, 2.75) is 26.7 Å². The molecule has 0 amide bonds. The highest BCUT2D eigenvalue weighted by Crippen LogP contribution is 1.93. The van der Waals surface area contributed by atoms with Crippen LogP contribution < -0.4 is 5.32 Å². The van der Waals surface area contributed by atoms with Crippen molar-refractivity contribution >= 4 is 0 Å². The molecule has 0 radical (unpaired) electrons.